The molecule has 6 aliphatic heterocycles. The minimum absolute atomic E-state index is 0. The second-order valence-electron chi connectivity index (χ2n) is 40.0. The molecule has 42 heteroatoms. The van der Waals surface area contributed by atoms with E-state index in [1.165, 1.54) is 42.1 Å². The van der Waals surface area contributed by atoms with Crippen LogP contribution in [0.1, 0.15) is 197 Å². The quantitative estimate of drug-likeness (QED) is 0.0687. The molecule has 9 aliphatic rings. The smallest absolute Gasteiger partial charge is 0.408 e. The van der Waals surface area contributed by atoms with Crippen molar-refractivity contribution in [3.8, 4) is 34.9 Å². The van der Waals surface area contributed by atoms with E-state index >= 15 is 26.3 Å². The predicted molar refractivity (Wildman–Crippen MR) is 476 cm³/mol. The molecule has 6 amide bonds. The Kier molecular flexibility index (Phi) is 36.2. The predicted octanol–water partition coefficient (Wildman–Crippen LogP) is 13.7. The Labute approximate surface area is 834 Å². The van der Waals surface area contributed by atoms with Gasteiger partial charge in [-0.2, -0.15) is 26.3 Å². The Hall–Kier alpha value is -9.08. The Bertz CT molecular complexity index is 5360. The molecule has 6 aromatic rings. The van der Waals surface area contributed by atoms with Gasteiger partial charge in [0.25, 0.3) is 17.8 Å². The van der Waals surface area contributed by atoms with Crippen LogP contribution in [0.5, 0.6) is 34.9 Å². The number of benzene rings is 3. The first-order chi connectivity index (χ1) is 63.8. The molecule has 3 aliphatic carbocycles. The van der Waals surface area contributed by atoms with Gasteiger partial charge in [0.05, 0.1) is 114 Å². The number of nitrogens with one attached hydrogen (secondary N) is 3. The molecule has 18 atom stereocenters. The van der Waals surface area contributed by atoms with Crippen molar-refractivity contribution in [2.45, 2.75) is 270 Å². The molecule has 138 heavy (non-hydrogen) atoms. The summed E-state index contributed by atoms with van der Waals surface area (Å²) >= 11 is 0. The number of aromatic nitrogens is 6. The molecule has 6 bridgehead atoms. The third kappa shape index (κ3) is 24.6. The SMILES string of the molecule is CC[C@@H]1[C@@H]2CN(C(=O)[C@H](C(C)(C)C)NC(=O)O[C@@H]3CCC[C@H]3COCCC(F)(F)c3nc4ccc(OC)cc4nc3O2)[C@@H]1[C-]=O.CC[C@@H]1[C@@H]2CN(C(=O)[C@H](C(C)(C)C)NC(=O)O[C@]3(C)CCC[C@H]3COCCC(F)(F)c3nc4ccc(OC)cc4nc3O2)[C@@H]1[C-]=O.CC[C@@H]1[C@@H]2CN(C(=O)[C@H](C(C)(C)C)NC(=O)O[C@]3(C)C[C@H]3COCCC(F)(F)c3nc4ccc(OC)cc4nc3O2)[C@@H]1[C-]=O.[V].[V].[V]. The first-order valence-electron chi connectivity index (χ1n) is 46.2. The molecule has 15 rings (SSSR count). The molecule has 753 valence electrons. The largest absolute Gasteiger partial charge is 0.540 e. The number of hydrogen-bond donors (Lipinski definition) is 3. The van der Waals surface area contributed by atoms with E-state index in [9.17, 15) is 43.2 Å². The van der Waals surface area contributed by atoms with Crippen molar-refractivity contribution < 1.29 is 182 Å². The normalized spacial score (nSPS) is 29.7. The topological polar surface area (TPSA) is 388 Å². The second-order valence-corrected chi connectivity index (χ2v) is 40.0. The van der Waals surface area contributed by atoms with Gasteiger partial charge in [0.1, 0.15) is 71.0 Å². The molecule has 3 saturated heterocycles. The van der Waals surface area contributed by atoms with Gasteiger partial charge >= 0.3 is 18.3 Å². The number of nitrogens with zero attached hydrogens (tertiary/aromatic N) is 9. The maximum absolute atomic E-state index is 16.0. The number of carbonyl (C=O) groups excluding carboxylic acids is 9. The zero-order valence-electron chi connectivity index (χ0n) is 80.7. The average Bonchev–Trinajstić information content (AvgIpc) is 1.53. The first-order valence-corrected chi connectivity index (χ1v) is 46.2. The van der Waals surface area contributed by atoms with E-state index in [1.807, 2.05) is 39.6 Å². The molecule has 6 fully saturated rings. The first kappa shape index (κ1) is 111. The fourth-order valence-electron chi connectivity index (χ4n) is 19.3. The summed E-state index contributed by atoms with van der Waals surface area (Å²) in [7, 11) is 4.43. The van der Waals surface area contributed by atoms with E-state index < -0.39 is 214 Å². The maximum atomic E-state index is 16.0. The number of fused-ring (bicyclic) bond motifs is 15. The van der Waals surface area contributed by atoms with E-state index in [2.05, 4.69) is 45.9 Å². The van der Waals surface area contributed by atoms with Crippen molar-refractivity contribution in [2.24, 2.45) is 51.8 Å². The van der Waals surface area contributed by atoms with Crippen molar-refractivity contribution in [1.82, 2.24) is 60.6 Å². The van der Waals surface area contributed by atoms with Crippen molar-refractivity contribution in [3.05, 3.63) is 71.7 Å². The summed E-state index contributed by atoms with van der Waals surface area (Å²) in [5.41, 5.74) is -4.55. The van der Waals surface area contributed by atoms with Crippen LogP contribution in [-0.2, 0) is 131 Å². The van der Waals surface area contributed by atoms with E-state index in [0.717, 1.165) is 12.8 Å². The van der Waals surface area contributed by atoms with Crippen LogP contribution in [-0.4, -0.2) is 252 Å². The van der Waals surface area contributed by atoms with Gasteiger partial charge < -0.3 is 102 Å². The van der Waals surface area contributed by atoms with Gasteiger partial charge in [0.15, 0.2) is 17.1 Å². The zero-order valence-corrected chi connectivity index (χ0v) is 84.9. The monoisotopic (exact) mass is 2050 g/mol. The number of methoxy groups -OCH3 is 3. The molecule has 3 aromatic carbocycles. The minimum Gasteiger partial charge on any atom is -0.540 e. The van der Waals surface area contributed by atoms with Gasteiger partial charge in [-0.25, -0.2) is 63.1 Å². The number of ether oxygens (including phenoxy) is 12. The summed E-state index contributed by atoms with van der Waals surface area (Å²) < 4.78 is 165. The van der Waals surface area contributed by atoms with Gasteiger partial charge in [-0.1, -0.05) is 120 Å². The molecule has 0 spiro atoms. The van der Waals surface area contributed by atoms with Gasteiger partial charge in [0, 0.05) is 111 Å². The van der Waals surface area contributed by atoms with Gasteiger partial charge in [-0.3, -0.25) is 14.4 Å². The number of alkyl carbamates (subject to hydrolysis) is 3. The van der Waals surface area contributed by atoms with E-state index in [-0.39, 0.29) is 166 Å². The Morgan fingerprint density at radius 1 is 0.413 bits per heavy atom. The molecule has 3 aromatic heterocycles. The third-order valence-corrected chi connectivity index (χ3v) is 27.5. The zero-order chi connectivity index (χ0) is 98.0. The molecule has 3 radical (unpaired) electrons. The summed E-state index contributed by atoms with van der Waals surface area (Å²) in [6.45, 7) is 24.2. The van der Waals surface area contributed by atoms with Crippen LogP contribution in [0, 0.1) is 51.8 Å². The van der Waals surface area contributed by atoms with Crippen molar-refractivity contribution >= 4 is 88.0 Å². The molecular weight excluding hydrogens is 1920 g/mol. The fourth-order valence-corrected chi connectivity index (χ4v) is 19.3. The Balaban J connectivity index is 0.000000211. The van der Waals surface area contributed by atoms with Crippen LogP contribution in [0.15, 0.2) is 54.6 Å². The summed E-state index contributed by atoms with van der Waals surface area (Å²) in [6, 6.07) is 7.82. The molecule has 9 heterocycles. The number of carbonyl (C=O) groups is 6. The van der Waals surface area contributed by atoms with E-state index in [1.54, 1.807) is 125 Å². The van der Waals surface area contributed by atoms with Crippen LogP contribution in [0.4, 0.5) is 40.7 Å². The molecular formula is C96H123F6N12O21V3-3. The fraction of sp³-hybridized carbons (Fsp3) is 0.656. The average molecular weight is 2050 g/mol. The summed E-state index contributed by atoms with van der Waals surface area (Å²) in [5, 5.41) is 8.23. The standard InChI is InChI=1S/C33H43F2N4O7.C32H41F2N4O7.C31H39F2N4O7.3V/c1-7-21-24(17-40)39-16-25(21)45-28-26(36-22-11-10-20(43-6)15-23(22)37-28)33(34,35)13-14-44-18-19-9-8-12-32(19,5)46-30(42)38-27(29(39)41)31(2,3)4;1-6-20-23(16-39)38-15-25(20)44-28-26(35-21-11-10-19(42-5)14-22(21)36-28)32(33,34)12-13-43-17-18-8-7-9-24(18)45-30(41)37-27(29(38)40)31(2,3)4;1-7-19-22(15-38)37-14-23(19)43-26-24(34-20-9-8-18(41-6)12-21(20)35-26)31(32,33)10-11-42-16-17-13-30(17,5)44-28(40)36-25(27(37)39)29(2,3)4;;;/h10-11,15,19,21,24-25,27H,7-9,12-14,16,18H2,1-6H3,(H,38,42);10-11,14,18,20,23-25,27H,6-9,12-13,15,17H2,1-5H3,(H,37,41);8-9,12,17,19,22-23,25H,7,10-11,13-14,16H2,1-6H3,(H,36,40);;;/q3*-1;;;/t19-,21-,24+,25-,27+,32+;18-,20-,23+,24+,25-,27+;17-,19-,22+,23-,25+,30+;;;/m000.../s1. The van der Waals surface area contributed by atoms with Gasteiger partial charge in [-0.15, -0.1) is 0 Å². The van der Waals surface area contributed by atoms with Crippen LogP contribution in [0.2, 0.25) is 0 Å². The van der Waals surface area contributed by atoms with E-state index in [4.69, 9.17) is 56.8 Å². The number of halogens is 6. The van der Waals surface area contributed by atoms with Gasteiger partial charge in [-0.05, 0) is 129 Å². The van der Waals surface area contributed by atoms with E-state index in [0.29, 0.717) is 68.6 Å². The Morgan fingerprint density at radius 2 is 0.746 bits per heavy atom. The van der Waals surface area contributed by atoms with Crippen molar-refractivity contribution in [3.63, 3.8) is 0 Å². The number of hydrogen-bond acceptors (Lipinski definition) is 27. The minimum atomic E-state index is -3.50. The van der Waals surface area contributed by atoms with Gasteiger partial charge in [0.2, 0.25) is 35.4 Å². The third-order valence-electron chi connectivity index (χ3n) is 27.5. The number of rotatable bonds is 9. The summed E-state index contributed by atoms with van der Waals surface area (Å²) in [6.07, 6.45) is 4.03. The molecule has 3 N–H and O–H groups in total. The van der Waals surface area contributed by atoms with Crippen LogP contribution >= 0.6 is 0 Å². The van der Waals surface area contributed by atoms with Crippen LogP contribution in [0.25, 0.3) is 33.1 Å². The molecule has 3 saturated carbocycles. The number of amides is 6. The van der Waals surface area contributed by atoms with Crippen molar-refractivity contribution in [2.75, 3.05) is 80.6 Å². The Morgan fingerprint density at radius 3 is 1.08 bits per heavy atom. The molecule has 0 unspecified atom stereocenters. The van der Waals surface area contributed by atoms with Crippen LogP contribution in [0.3, 0.4) is 0 Å². The van der Waals surface area contributed by atoms with Crippen LogP contribution < -0.4 is 44.4 Å². The summed E-state index contributed by atoms with van der Waals surface area (Å²) in [5.74, 6) is -14.3. The molecule has 33 nitrogen and oxygen atoms in total. The summed E-state index contributed by atoms with van der Waals surface area (Å²) in [4.78, 5) is 149. The number of alkyl halides is 6. The maximum Gasteiger partial charge on any atom is 0.408 e. The van der Waals surface area contributed by atoms with Crippen molar-refractivity contribution in [1.29, 1.82) is 0 Å². The second kappa shape index (κ2) is 45.0.